The van der Waals surface area contributed by atoms with Gasteiger partial charge in [0.05, 0.1) is 9.79 Å². The maximum atomic E-state index is 14.0. The van der Waals surface area contributed by atoms with E-state index in [2.05, 4.69) is 8.37 Å². The van der Waals surface area contributed by atoms with Crippen molar-refractivity contribution in [3.8, 4) is 11.1 Å². The van der Waals surface area contributed by atoms with Crippen LogP contribution >= 0.6 is 0 Å². The molecule has 2 aromatic carbocycles. The molecule has 0 N–H and O–H groups in total. The molecular formula is C25H12F22O6S2. The van der Waals surface area contributed by atoms with Gasteiger partial charge in [-0.1, -0.05) is 12.1 Å². The molecule has 0 aliphatic heterocycles. The van der Waals surface area contributed by atoms with E-state index in [0.717, 1.165) is 12.1 Å². The first-order chi connectivity index (χ1) is 24.1. The number of benzene rings is 2. The molecule has 6 nitrogen and oxygen atoms in total. The Morgan fingerprint density at radius 2 is 0.691 bits per heavy atom. The third-order valence-corrected chi connectivity index (χ3v) is 9.92. The van der Waals surface area contributed by atoms with Gasteiger partial charge in [-0.3, -0.25) is 8.37 Å². The van der Waals surface area contributed by atoms with E-state index in [1.165, 1.54) is 0 Å². The Labute approximate surface area is 290 Å². The molecule has 0 spiro atoms. The van der Waals surface area contributed by atoms with Crippen LogP contribution in [0.15, 0.2) is 46.2 Å². The second-order valence-corrected chi connectivity index (χ2v) is 14.3. The molecule has 30 heteroatoms. The van der Waals surface area contributed by atoms with E-state index in [0.29, 0.717) is 24.3 Å². The minimum atomic E-state index is -7.89. The molecule has 0 amide bonds. The zero-order chi connectivity index (χ0) is 43.2. The topological polar surface area (TPSA) is 86.7 Å². The molecule has 1 aliphatic carbocycles. The molecule has 2 aromatic rings. The van der Waals surface area contributed by atoms with Crippen LogP contribution in [0.1, 0.15) is 11.1 Å². The zero-order valence-corrected chi connectivity index (χ0v) is 26.8. The van der Waals surface area contributed by atoms with Crippen molar-refractivity contribution in [1.29, 1.82) is 0 Å². The van der Waals surface area contributed by atoms with Gasteiger partial charge < -0.3 is 0 Å². The summed E-state index contributed by atoms with van der Waals surface area (Å²) in [7, 11) is -11.7. The van der Waals surface area contributed by atoms with Gasteiger partial charge in [0.25, 0.3) is 20.2 Å². The SMILES string of the molecule is O=S(=O)(OCC(F)(F)C(F)(F)C(F)(F)C(F)(F)C(F)(F)F)c1ccc2c(c1)Cc1cc(S(=O)(=O)OCC(F)(F)C(F)(F)C(F)(F)C(F)(F)C(F)(F)F)ccc1-2. The number of fused-ring (bicyclic) bond motifs is 3. The normalized spacial score (nSPS) is 16.0. The van der Waals surface area contributed by atoms with Crippen molar-refractivity contribution >= 4 is 20.2 Å². The van der Waals surface area contributed by atoms with Crippen molar-refractivity contribution < 1.29 is 122 Å². The minimum Gasteiger partial charge on any atom is -0.260 e. The lowest BCUT2D eigenvalue weighted by Crippen LogP contribution is -2.67. The van der Waals surface area contributed by atoms with Gasteiger partial charge in [-0.05, 0) is 52.9 Å². The van der Waals surface area contributed by atoms with Crippen LogP contribution in [-0.4, -0.2) is 89.8 Å². The molecule has 0 heterocycles. The maximum absolute atomic E-state index is 14.0. The average molecular weight is 890 g/mol. The molecule has 0 bridgehead atoms. The molecule has 1 aliphatic rings. The first-order valence-corrected chi connectivity index (χ1v) is 16.1. The van der Waals surface area contributed by atoms with E-state index >= 15 is 0 Å². The smallest absolute Gasteiger partial charge is 0.260 e. The summed E-state index contributed by atoms with van der Waals surface area (Å²) in [5, 5.41) is 0. The van der Waals surface area contributed by atoms with Gasteiger partial charge in [0.1, 0.15) is 13.2 Å². The van der Waals surface area contributed by atoms with E-state index < -0.39 is 109 Å². The van der Waals surface area contributed by atoms with Crippen LogP contribution < -0.4 is 0 Å². The van der Waals surface area contributed by atoms with Crippen LogP contribution in [0.2, 0.25) is 0 Å². The monoisotopic (exact) mass is 890 g/mol. The Morgan fingerprint density at radius 3 is 0.945 bits per heavy atom. The van der Waals surface area contributed by atoms with Gasteiger partial charge in [-0.15, -0.1) is 0 Å². The summed E-state index contributed by atoms with van der Waals surface area (Å²) in [6.07, 6.45) is -15.7. The fourth-order valence-electron chi connectivity index (χ4n) is 4.30. The van der Waals surface area contributed by atoms with E-state index in [4.69, 9.17) is 0 Å². The molecule has 0 radical (unpaired) electrons. The van der Waals surface area contributed by atoms with Gasteiger partial charge in [-0.25, -0.2) is 0 Å². The Balaban J connectivity index is 1.83. The average Bonchev–Trinajstić information content (AvgIpc) is 3.38. The largest absolute Gasteiger partial charge is 0.460 e. The highest BCUT2D eigenvalue weighted by Crippen LogP contribution is 2.59. The van der Waals surface area contributed by atoms with E-state index in [9.17, 15) is 113 Å². The van der Waals surface area contributed by atoms with Crippen molar-refractivity contribution in [1.82, 2.24) is 0 Å². The van der Waals surface area contributed by atoms with Crippen LogP contribution in [-0.2, 0) is 35.0 Å². The number of alkyl halides is 22. The summed E-state index contributed by atoms with van der Waals surface area (Å²) in [5.41, 5.74) is -0.933. The number of rotatable bonds is 14. The van der Waals surface area contributed by atoms with Crippen molar-refractivity contribution in [2.24, 2.45) is 0 Å². The Bertz CT molecular complexity index is 1880. The lowest BCUT2D eigenvalue weighted by molar-refractivity contribution is -0.423. The summed E-state index contributed by atoms with van der Waals surface area (Å²) in [6, 6.07) is 3.12. The zero-order valence-electron chi connectivity index (χ0n) is 25.2. The lowest BCUT2D eigenvalue weighted by atomic mass is 9.98. The third-order valence-electron chi connectivity index (χ3n) is 7.40. The van der Waals surface area contributed by atoms with Crippen molar-refractivity contribution in [3.63, 3.8) is 0 Å². The predicted molar refractivity (Wildman–Crippen MR) is 133 cm³/mol. The Hall–Kier alpha value is -3.28. The molecule has 0 saturated heterocycles. The minimum absolute atomic E-state index is 0.135. The van der Waals surface area contributed by atoms with Crippen LogP contribution in [0.25, 0.3) is 11.1 Å². The molecular weight excluding hydrogens is 878 g/mol. The summed E-state index contributed by atoms with van der Waals surface area (Å²) in [6.45, 7) is -6.92. The molecule has 0 aromatic heterocycles. The van der Waals surface area contributed by atoms with Gasteiger partial charge in [0, 0.05) is 0 Å². The van der Waals surface area contributed by atoms with Gasteiger partial charge in [-0.2, -0.15) is 113 Å². The van der Waals surface area contributed by atoms with Crippen molar-refractivity contribution in [3.05, 3.63) is 47.5 Å². The van der Waals surface area contributed by atoms with Crippen LogP contribution in [0.3, 0.4) is 0 Å². The highest BCUT2D eigenvalue weighted by atomic mass is 32.2. The Morgan fingerprint density at radius 1 is 0.418 bits per heavy atom. The van der Waals surface area contributed by atoms with Crippen LogP contribution in [0, 0.1) is 0 Å². The van der Waals surface area contributed by atoms with Crippen molar-refractivity contribution in [2.75, 3.05) is 13.2 Å². The van der Waals surface area contributed by atoms with Gasteiger partial charge in [0.2, 0.25) is 0 Å². The standard InChI is InChI=1S/C25H12F22O6S2/c26-16(27,18(30,31)20(34,35)22(38,39)24(42,43)44)8-52-54(48,49)12-1-3-14-10(6-12)5-11-7-13(2-4-15(11)14)55(50,51)53-9-17(28,29)19(32,33)21(36,37)23(40,41)25(45,46)47/h1-4,6-7H,5,8-9H2. The molecule has 0 fully saturated rings. The highest BCUT2D eigenvalue weighted by molar-refractivity contribution is 7.87. The van der Waals surface area contributed by atoms with E-state index in [-0.39, 0.29) is 22.3 Å². The fourth-order valence-corrected chi connectivity index (χ4v) is 6.23. The highest BCUT2D eigenvalue weighted by Gasteiger charge is 2.88. The number of hydrogen-bond donors (Lipinski definition) is 0. The number of hydrogen-bond acceptors (Lipinski definition) is 6. The van der Waals surface area contributed by atoms with Crippen molar-refractivity contribution in [2.45, 2.75) is 75.9 Å². The van der Waals surface area contributed by atoms with E-state index in [1.807, 2.05) is 0 Å². The molecule has 55 heavy (non-hydrogen) atoms. The summed E-state index contributed by atoms with van der Waals surface area (Å²) < 4.78 is 347. The molecule has 0 unspecified atom stereocenters. The first-order valence-electron chi connectivity index (χ1n) is 13.3. The van der Waals surface area contributed by atoms with Crippen LogP contribution in [0.4, 0.5) is 96.6 Å². The molecule has 3 rings (SSSR count). The maximum Gasteiger partial charge on any atom is 0.460 e. The molecule has 0 atom stereocenters. The van der Waals surface area contributed by atoms with Gasteiger partial charge >= 0.3 is 59.7 Å². The summed E-state index contributed by atoms with van der Waals surface area (Å²) in [5.74, 6) is -60.1. The van der Waals surface area contributed by atoms with E-state index in [1.54, 1.807) is 0 Å². The summed E-state index contributed by atoms with van der Waals surface area (Å²) >= 11 is 0. The quantitative estimate of drug-likeness (QED) is 0.119. The number of halogens is 22. The third kappa shape index (κ3) is 7.27. The summed E-state index contributed by atoms with van der Waals surface area (Å²) in [4.78, 5) is -2.67. The second-order valence-electron chi connectivity index (χ2n) is 11.1. The second kappa shape index (κ2) is 13.1. The lowest BCUT2D eigenvalue weighted by Gasteiger charge is -2.36. The predicted octanol–water partition coefficient (Wildman–Crippen LogP) is 8.88. The molecule has 314 valence electrons. The van der Waals surface area contributed by atoms with Crippen LogP contribution in [0.5, 0.6) is 0 Å². The van der Waals surface area contributed by atoms with Gasteiger partial charge in [0.15, 0.2) is 0 Å². The fraction of sp³-hybridized carbons (Fsp3) is 0.520. The first kappa shape index (κ1) is 46.1. The Kier molecular flexibility index (Phi) is 11.0. The molecule has 0 saturated carbocycles.